The Kier molecular flexibility index (Phi) is 6.28. The molecule has 3 atom stereocenters. The molecular formula is C24H26ClN3O3. The number of amides is 3. The van der Waals surface area contributed by atoms with E-state index in [1.165, 1.54) is 0 Å². The van der Waals surface area contributed by atoms with E-state index < -0.39 is 6.04 Å². The first-order valence-corrected chi connectivity index (χ1v) is 11.1. The summed E-state index contributed by atoms with van der Waals surface area (Å²) in [6.45, 7) is 1.94. The van der Waals surface area contributed by atoms with Gasteiger partial charge in [-0.15, -0.1) is 0 Å². The largest absolute Gasteiger partial charge is 0.349 e. The van der Waals surface area contributed by atoms with Crippen LogP contribution in [0.5, 0.6) is 0 Å². The van der Waals surface area contributed by atoms with Crippen LogP contribution in [-0.4, -0.2) is 40.7 Å². The van der Waals surface area contributed by atoms with E-state index in [-0.39, 0.29) is 36.2 Å². The Balaban J connectivity index is 1.61. The molecule has 2 aliphatic rings. The van der Waals surface area contributed by atoms with Crippen molar-refractivity contribution >= 4 is 35.0 Å². The summed E-state index contributed by atoms with van der Waals surface area (Å²) in [5.74, 6) is -0.898. The lowest BCUT2D eigenvalue weighted by Gasteiger charge is -2.48. The number of nitrogens with zero attached hydrogens (tertiary/aromatic N) is 1. The van der Waals surface area contributed by atoms with E-state index in [9.17, 15) is 14.4 Å². The Morgan fingerprint density at radius 3 is 2.68 bits per heavy atom. The average molecular weight is 440 g/mol. The third-order valence-corrected chi connectivity index (χ3v) is 6.40. The molecule has 6 nitrogen and oxygen atoms in total. The molecule has 0 bridgehead atoms. The lowest BCUT2D eigenvalue weighted by Crippen LogP contribution is -2.68. The summed E-state index contributed by atoms with van der Waals surface area (Å²) < 4.78 is 0. The molecule has 4 rings (SSSR count). The van der Waals surface area contributed by atoms with Crippen molar-refractivity contribution in [3.8, 4) is 0 Å². The number of rotatable bonds is 4. The second-order valence-corrected chi connectivity index (χ2v) is 8.70. The van der Waals surface area contributed by atoms with Crippen molar-refractivity contribution < 1.29 is 14.4 Å². The fourth-order valence-electron chi connectivity index (χ4n) is 4.62. The van der Waals surface area contributed by atoms with Crippen molar-refractivity contribution in [2.24, 2.45) is 0 Å². The lowest BCUT2D eigenvalue weighted by atomic mass is 9.84. The second-order valence-electron chi connectivity index (χ2n) is 8.30. The maximum Gasteiger partial charge on any atom is 0.256 e. The van der Waals surface area contributed by atoms with Crippen LogP contribution in [0.2, 0.25) is 5.02 Å². The summed E-state index contributed by atoms with van der Waals surface area (Å²) in [7, 11) is 0. The SMILES string of the molecule is Cc1cccc(NC(=O)C[C@@H]2C(=O)N[C@H]3CCCC[C@H]3N2C(=O)c2ccccc2Cl)c1. The number of nitrogens with one attached hydrogen (secondary N) is 2. The quantitative estimate of drug-likeness (QED) is 0.757. The van der Waals surface area contributed by atoms with Crippen LogP contribution in [-0.2, 0) is 9.59 Å². The van der Waals surface area contributed by atoms with Crippen molar-refractivity contribution in [2.75, 3.05) is 5.32 Å². The van der Waals surface area contributed by atoms with Crippen LogP contribution in [0.4, 0.5) is 5.69 Å². The van der Waals surface area contributed by atoms with Crippen molar-refractivity contribution in [1.29, 1.82) is 0 Å². The van der Waals surface area contributed by atoms with Crippen molar-refractivity contribution in [1.82, 2.24) is 10.2 Å². The highest BCUT2D eigenvalue weighted by molar-refractivity contribution is 6.33. The number of halogens is 1. The molecule has 0 radical (unpaired) electrons. The number of piperazine rings is 1. The molecule has 0 unspecified atom stereocenters. The Morgan fingerprint density at radius 2 is 1.90 bits per heavy atom. The highest BCUT2D eigenvalue weighted by Crippen LogP contribution is 2.32. The van der Waals surface area contributed by atoms with E-state index in [0.29, 0.717) is 16.3 Å². The summed E-state index contributed by atoms with van der Waals surface area (Å²) in [5.41, 5.74) is 2.04. The number of fused-ring (bicyclic) bond motifs is 1. The number of aryl methyl sites for hydroxylation is 1. The first-order chi connectivity index (χ1) is 14.9. The molecule has 162 valence electrons. The zero-order chi connectivity index (χ0) is 22.0. The fraction of sp³-hybridized carbons (Fsp3) is 0.375. The van der Waals surface area contributed by atoms with Gasteiger partial charge in [-0.2, -0.15) is 0 Å². The number of hydrogen-bond acceptors (Lipinski definition) is 3. The van der Waals surface area contributed by atoms with Gasteiger partial charge in [0, 0.05) is 11.7 Å². The van der Waals surface area contributed by atoms with Gasteiger partial charge in [-0.1, -0.05) is 48.7 Å². The predicted octanol–water partition coefficient (Wildman–Crippen LogP) is 3.93. The van der Waals surface area contributed by atoms with Crippen molar-refractivity contribution in [2.45, 2.75) is 57.2 Å². The molecule has 2 aromatic carbocycles. The fourth-order valence-corrected chi connectivity index (χ4v) is 4.83. The molecule has 2 aromatic rings. The Hall–Kier alpha value is -2.86. The molecule has 0 aromatic heterocycles. The minimum absolute atomic E-state index is 0.0937. The van der Waals surface area contributed by atoms with E-state index in [4.69, 9.17) is 11.6 Å². The minimum atomic E-state index is -0.882. The topological polar surface area (TPSA) is 78.5 Å². The first-order valence-electron chi connectivity index (χ1n) is 10.7. The zero-order valence-electron chi connectivity index (χ0n) is 17.4. The number of hydrogen-bond donors (Lipinski definition) is 2. The van der Waals surface area contributed by atoms with Gasteiger partial charge >= 0.3 is 0 Å². The Morgan fingerprint density at radius 1 is 1.13 bits per heavy atom. The molecule has 2 fully saturated rings. The lowest BCUT2D eigenvalue weighted by molar-refractivity contribution is -0.135. The molecular weight excluding hydrogens is 414 g/mol. The summed E-state index contributed by atoms with van der Waals surface area (Å²) in [5, 5.41) is 6.24. The third kappa shape index (κ3) is 4.59. The van der Waals surface area contributed by atoms with E-state index >= 15 is 0 Å². The van der Waals surface area contributed by atoms with Gasteiger partial charge in [0.2, 0.25) is 11.8 Å². The van der Waals surface area contributed by atoms with Gasteiger partial charge in [-0.05, 0) is 49.6 Å². The van der Waals surface area contributed by atoms with Crippen LogP contribution in [0.3, 0.4) is 0 Å². The summed E-state index contributed by atoms with van der Waals surface area (Å²) in [6, 6.07) is 13.2. The smallest absolute Gasteiger partial charge is 0.256 e. The second kappa shape index (κ2) is 9.10. The van der Waals surface area contributed by atoms with Crippen LogP contribution in [0.25, 0.3) is 0 Å². The van der Waals surface area contributed by atoms with Gasteiger partial charge in [0.05, 0.1) is 23.0 Å². The van der Waals surface area contributed by atoms with Crippen LogP contribution >= 0.6 is 11.6 Å². The predicted molar refractivity (Wildman–Crippen MR) is 120 cm³/mol. The van der Waals surface area contributed by atoms with Gasteiger partial charge in [0.1, 0.15) is 6.04 Å². The van der Waals surface area contributed by atoms with Crippen LogP contribution in [0, 0.1) is 6.92 Å². The van der Waals surface area contributed by atoms with Gasteiger partial charge in [0.25, 0.3) is 5.91 Å². The number of carbonyl (C=O) groups excluding carboxylic acids is 3. The number of anilines is 1. The zero-order valence-corrected chi connectivity index (χ0v) is 18.2. The van der Waals surface area contributed by atoms with Crippen LogP contribution in [0.15, 0.2) is 48.5 Å². The molecule has 7 heteroatoms. The number of carbonyl (C=O) groups is 3. The minimum Gasteiger partial charge on any atom is -0.349 e. The molecule has 1 saturated heterocycles. The third-order valence-electron chi connectivity index (χ3n) is 6.07. The summed E-state index contributed by atoms with van der Waals surface area (Å²) in [4.78, 5) is 41.0. The average Bonchev–Trinajstić information content (AvgIpc) is 2.74. The molecule has 1 aliphatic carbocycles. The maximum atomic E-state index is 13.5. The highest BCUT2D eigenvalue weighted by Gasteiger charge is 2.46. The van der Waals surface area contributed by atoms with E-state index in [2.05, 4.69) is 10.6 Å². The van der Waals surface area contributed by atoms with Crippen LogP contribution in [0.1, 0.15) is 48.0 Å². The first kappa shape index (κ1) is 21.4. The molecule has 2 N–H and O–H groups in total. The van der Waals surface area contributed by atoms with Crippen molar-refractivity contribution in [3.63, 3.8) is 0 Å². The summed E-state index contributed by atoms with van der Waals surface area (Å²) >= 11 is 6.30. The normalized spacial score (nSPS) is 23.0. The van der Waals surface area contributed by atoms with E-state index in [1.807, 2.05) is 25.1 Å². The summed E-state index contributed by atoms with van der Waals surface area (Å²) in [6.07, 6.45) is 3.49. The monoisotopic (exact) mass is 439 g/mol. The highest BCUT2D eigenvalue weighted by atomic mass is 35.5. The Labute approximate surface area is 187 Å². The molecule has 1 heterocycles. The van der Waals surface area contributed by atoms with E-state index in [1.54, 1.807) is 35.2 Å². The van der Waals surface area contributed by atoms with Crippen LogP contribution < -0.4 is 10.6 Å². The molecule has 1 saturated carbocycles. The van der Waals surface area contributed by atoms with Crippen molar-refractivity contribution in [3.05, 3.63) is 64.7 Å². The molecule has 1 aliphatic heterocycles. The van der Waals surface area contributed by atoms with E-state index in [0.717, 1.165) is 31.2 Å². The molecule has 31 heavy (non-hydrogen) atoms. The number of benzene rings is 2. The maximum absolute atomic E-state index is 13.5. The van der Waals surface area contributed by atoms with Gasteiger partial charge in [-0.25, -0.2) is 0 Å². The van der Waals surface area contributed by atoms with Gasteiger partial charge < -0.3 is 15.5 Å². The van der Waals surface area contributed by atoms with Gasteiger partial charge in [0.15, 0.2) is 0 Å². The molecule has 0 spiro atoms. The standard InChI is InChI=1S/C24H26ClN3O3/c1-15-7-6-8-16(13-15)26-22(29)14-21-23(30)27-19-11-4-5-12-20(19)28(21)24(31)17-9-2-3-10-18(17)25/h2-3,6-10,13,19-21H,4-5,11-12,14H2,1H3,(H,26,29)(H,27,30)/t19-,20+,21+/m0/s1. The molecule has 3 amide bonds. The Bertz CT molecular complexity index is 1010. The van der Waals surface area contributed by atoms with Gasteiger partial charge in [-0.3, -0.25) is 14.4 Å².